The third-order valence-corrected chi connectivity index (χ3v) is 0.413. The molecule has 0 aromatic heterocycles. The van der Waals surface area contributed by atoms with E-state index >= 15 is 0 Å². The van der Waals surface area contributed by atoms with E-state index in [4.69, 9.17) is 10.9 Å². The van der Waals surface area contributed by atoms with Crippen LogP contribution in [0.25, 0.3) is 0 Å². The zero-order valence-corrected chi connectivity index (χ0v) is 3.77. The van der Waals surface area contributed by atoms with Gasteiger partial charge in [-0.25, -0.2) is 5.84 Å². The summed E-state index contributed by atoms with van der Waals surface area (Å²) in [5.74, 6) is 4.56. The molecule has 5 N–H and O–H groups in total. The van der Waals surface area contributed by atoms with Gasteiger partial charge in [0.2, 0.25) is 5.11 Å². The van der Waals surface area contributed by atoms with Crippen LogP contribution in [0.3, 0.4) is 0 Å². The maximum absolute atomic E-state index is 7.97. The van der Waals surface area contributed by atoms with Crippen LogP contribution in [0, 0.1) is 0 Å². The monoisotopic (exact) mass is 107 g/mol. The lowest BCUT2D eigenvalue weighted by atomic mass is 11.2. The Kier molecular flexibility index (Phi) is 1.78. The van der Waals surface area contributed by atoms with E-state index in [0.29, 0.717) is 0 Å². The van der Waals surface area contributed by atoms with E-state index in [0.717, 1.165) is 0 Å². The molecule has 0 bridgehead atoms. The quantitative estimate of drug-likeness (QED) is 0.206. The zero-order chi connectivity index (χ0) is 5.15. The second kappa shape index (κ2) is 1.91. The molecule has 0 atom stereocenters. The smallest absolute Gasteiger partial charge is 0.207 e. The molecule has 4 nitrogen and oxygen atoms in total. The van der Waals surface area contributed by atoms with E-state index in [-0.39, 0.29) is 10.3 Å². The van der Waals surface area contributed by atoms with E-state index in [2.05, 4.69) is 18.1 Å². The van der Waals surface area contributed by atoms with Crippen LogP contribution in [0.2, 0.25) is 0 Å². The fourth-order valence-corrected chi connectivity index (χ4v) is 0. The van der Waals surface area contributed by atoms with E-state index in [1.807, 2.05) is 0 Å². The molecule has 0 saturated carbocycles. The molecule has 0 aliphatic rings. The lowest BCUT2D eigenvalue weighted by Crippen LogP contribution is -2.37. The van der Waals surface area contributed by atoms with E-state index in [1.165, 1.54) is 0 Å². The number of hydrazine groups is 1. The summed E-state index contributed by atoms with van der Waals surface area (Å²) in [5, 5.41) is 7.91. The van der Waals surface area contributed by atoms with Crippen LogP contribution in [-0.4, -0.2) is 15.5 Å². The largest absolute Gasteiger partial charge is 0.373 e. The number of hydrogen-bond acceptors (Lipinski definition) is 3. The minimum Gasteiger partial charge on any atom is -0.373 e. The Morgan fingerprint density at radius 2 is 2.00 bits per heavy atom. The van der Waals surface area contributed by atoms with Gasteiger partial charge < -0.3 is 5.73 Å². The summed E-state index contributed by atoms with van der Waals surface area (Å²) in [5.41, 5.74) is 4.72. The van der Waals surface area contributed by atoms with Crippen molar-refractivity contribution in [2.75, 3.05) is 0 Å². The van der Waals surface area contributed by atoms with E-state index in [1.54, 1.807) is 0 Å². The maximum Gasteiger partial charge on any atom is 0.207 e. The average Bonchev–Trinajstić information content (AvgIpc) is 1.36. The molecule has 0 aromatic rings. The number of hydroxylamine groups is 1. The number of nitrogens with two attached hydrogens (primary N) is 2. The molecular weight excluding hydrogens is 102 g/mol. The fraction of sp³-hybridized carbons (Fsp3) is 0. The third-order valence-electron chi connectivity index (χ3n) is 0.226. The predicted octanol–water partition coefficient (Wildman–Crippen LogP) is -1.21. The van der Waals surface area contributed by atoms with Crippen LogP contribution in [0.15, 0.2) is 0 Å². The summed E-state index contributed by atoms with van der Waals surface area (Å²) in [7, 11) is 0. The first-order valence-corrected chi connectivity index (χ1v) is 1.58. The second-order valence-corrected chi connectivity index (χ2v) is 1.10. The molecule has 0 rings (SSSR count). The van der Waals surface area contributed by atoms with Crippen molar-refractivity contribution < 1.29 is 5.21 Å². The van der Waals surface area contributed by atoms with Gasteiger partial charge in [-0.1, -0.05) is 0 Å². The highest BCUT2D eigenvalue weighted by molar-refractivity contribution is 7.80. The summed E-state index contributed by atoms with van der Waals surface area (Å²) in [4.78, 5) is 0. The summed E-state index contributed by atoms with van der Waals surface area (Å²) < 4.78 is 0. The molecule has 5 heteroatoms. The number of rotatable bonds is 0. The van der Waals surface area contributed by atoms with Gasteiger partial charge in [0.25, 0.3) is 0 Å². The standard InChI is InChI=1S/CH5N3OS/c2-1(6)4(3)5/h5H,3H2,(H2,2,6). The average molecular weight is 107 g/mol. The van der Waals surface area contributed by atoms with Crippen molar-refractivity contribution in [1.82, 2.24) is 5.17 Å². The van der Waals surface area contributed by atoms with Crippen LogP contribution in [0.1, 0.15) is 0 Å². The van der Waals surface area contributed by atoms with Gasteiger partial charge in [-0.05, 0) is 12.2 Å². The Morgan fingerprint density at radius 1 is 1.83 bits per heavy atom. The highest BCUT2D eigenvalue weighted by Gasteiger charge is 1.86. The molecule has 6 heavy (non-hydrogen) atoms. The Morgan fingerprint density at radius 3 is 2.00 bits per heavy atom. The molecule has 0 aromatic carbocycles. The van der Waals surface area contributed by atoms with Gasteiger partial charge in [0.15, 0.2) is 0 Å². The first-order chi connectivity index (χ1) is 2.64. The van der Waals surface area contributed by atoms with Crippen molar-refractivity contribution in [1.29, 1.82) is 0 Å². The molecule has 0 fully saturated rings. The van der Waals surface area contributed by atoms with Crippen molar-refractivity contribution in [2.45, 2.75) is 0 Å². The van der Waals surface area contributed by atoms with Crippen molar-refractivity contribution in [3.63, 3.8) is 0 Å². The number of nitrogens with zero attached hydrogens (tertiary/aromatic N) is 1. The van der Waals surface area contributed by atoms with Crippen molar-refractivity contribution >= 4 is 17.3 Å². The molecule has 0 saturated heterocycles. The fourth-order valence-electron chi connectivity index (χ4n) is 0. The predicted molar refractivity (Wildman–Crippen MR) is 24.6 cm³/mol. The minimum absolute atomic E-state index is 0.176. The Labute approximate surface area is 40.3 Å². The van der Waals surface area contributed by atoms with Gasteiger partial charge in [-0.2, -0.15) is 5.17 Å². The van der Waals surface area contributed by atoms with Crippen LogP contribution in [-0.2, 0) is 0 Å². The van der Waals surface area contributed by atoms with Crippen LogP contribution in [0.4, 0.5) is 0 Å². The molecule has 0 amide bonds. The Hall–Kier alpha value is -0.390. The topological polar surface area (TPSA) is 75.5 Å². The molecule has 0 radical (unpaired) electrons. The maximum atomic E-state index is 7.97. The first kappa shape index (κ1) is 5.61. The molecule has 0 aliphatic heterocycles. The zero-order valence-electron chi connectivity index (χ0n) is 2.96. The van der Waals surface area contributed by atoms with Crippen molar-refractivity contribution in [3.05, 3.63) is 0 Å². The summed E-state index contributed by atoms with van der Waals surface area (Å²) >= 11 is 4.15. The van der Waals surface area contributed by atoms with Gasteiger partial charge in [0, 0.05) is 0 Å². The van der Waals surface area contributed by atoms with Crippen molar-refractivity contribution in [3.8, 4) is 0 Å². The van der Waals surface area contributed by atoms with Crippen LogP contribution < -0.4 is 11.6 Å². The normalized spacial score (nSPS) is 7.67. The molecule has 0 aliphatic carbocycles. The Bertz CT molecular complexity index is 61.8. The number of hydrogen-bond donors (Lipinski definition) is 3. The molecule has 0 heterocycles. The molecule has 36 valence electrons. The summed E-state index contributed by atoms with van der Waals surface area (Å²) in [6.45, 7) is 0. The second-order valence-electron chi connectivity index (χ2n) is 0.683. The van der Waals surface area contributed by atoms with Crippen LogP contribution >= 0.6 is 12.2 Å². The Balaban J connectivity index is 3.26. The minimum atomic E-state index is -0.241. The number of thiocarbonyl (C=S) groups is 1. The lowest BCUT2D eigenvalue weighted by Gasteiger charge is -2.02. The third kappa shape index (κ3) is 1.89. The van der Waals surface area contributed by atoms with Gasteiger partial charge >= 0.3 is 0 Å². The van der Waals surface area contributed by atoms with Crippen molar-refractivity contribution in [2.24, 2.45) is 11.6 Å². The highest BCUT2D eigenvalue weighted by Crippen LogP contribution is 1.61. The lowest BCUT2D eigenvalue weighted by molar-refractivity contribution is -0.0139. The highest BCUT2D eigenvalue weighted by atomic mass is 32.1. The first-order valence-electron chi connectivity index (χ1n) is 1.17. The van der Waals surface area contributed by atoms with Crippen LogP contribution in [0.5, 0.6) is 0 Å². The van der Waals surface area contributed by atoms with Gasteiger partial charge in [-0.3, -0.25) is 5.21 Å². The summed E-state index contributed by atoms with van der Waals surface area (Å²) in [6, 6.07) is 0. The molecule has 0 spiro atoms. The molecular formula is CH5N3OS. The summed E-state index contributed by atoms with van der Waals surface area (Å²) in [6.07, 6.45) is 0. The van der Waals surface area contributed by atoms with Gasteiger partial charge in [0.1, 0.15) is 0 Å². The van der Waals surface area contributed by atoms with E-state index < -0.39 is 0 Å². The van der Waals surface area contributed by atoms with Gasteiger partial charge in [0.05, 0.1) is 0 Å². The SMILES string of the molecule is NC(=S)N(N)O. The molecule has 0 unspecified atom stereocenters. The van der Waals surface area contributed by atoms with E-state index in [9.17, 15) is 0 Å². The van der Waals surface area contributed by atoms with Gasteiger partial charge in [-0.15, -0.1) is 0 Å².